The van der Waals surface area contributed by atoms with E-state index in [0.717, 1.165) is 12.1 Å². The summed E-state index contributed by atoms with van der Waals surface area (Å²) in [6.07, 6.45) is -0.706. The lowest BCUT2D eigenvalue weighted by atomic mass is 10.2. The molecule has 2 fully saturated rings. The lowest BCUT2D eigenvalue weighted by Gasteiger charge is -2.36. The van der Waals surface area contributed by atoms with Crippen LogP contribution in [0.25, 0.3) is 11.4 Å². The number of halogens is 3. The highest BCUT2D eigenvalue weighted by atomic mass is 19.4. The van der Waals surface area contributed by atoms with Crippen molar-refractivity contribution < 1.29 is 27.4 Å². The summed E-state index contributed by atoms with van der Waals surface area (Å²) < 4.78 is 46.9. The Morgan fingerprint density at radius 1 is 1.12 bits per heavy atom. The fourth-order valence-corrected chi connectivity index (χ4v) is 3.79. The second-order valence-electron chi connectivity index (χ2n) is 7.60. The number of rotatable bonds is 5. The second kappa shape index (κ2) is 8.65. The van der Waals surface area contributed by atoms with Crippen molar-refractivity contribution in [2.75, 3.05) is 36.5 Å². The molecule has 0 aliphatic carbocycles. The minimum absolute atomic E-state index is 0.0904. The number of nitrogens with one attached hydrogen (secondary N) is 1. The molecule has 3 aromatic heterocycles. The van der Waals surface area contributed by atoms with Gasteiger partial charge in [0.25, 0.3) is 0 Å². The molecule has 1 atom stereocenters. The number of fused-ring (bicyclic) bond motifs is 1. The maximum Gasteiger partial charge on any atom is 0.573 e. The van der Waals surface area contributed by atoms with Gasteiger partial charge in [0, 0.05) is 55.9 Å². The van der Waals surface area contributed by atoms with Crippen LogP contribution in [0.5, 0.6) is 5.75 Å². The summed E-state index contributed by atoms with van der Waals surface area (Å²) in [6, 6.07) is 7.36. The van der Waals surface area contributed by atoms with E-state index in [9.17, 15) is 18.0 Å². The van der Waals surface area contributed by atoms with E-state index in [1.807, 2.05) is 4.90 Å². The zero-order valence-corrected chi connectivity index (χ0v) is 17.6. The van der Waals surface area contributed by atoms with Crippen LogP contribution in [0, 0.1) is 0 Å². The van der Waals surface area contributed by atoms with E-state index in [-0.39, 0.29) is 18.0 Å². The fourth-order valence-electron chi connectivity index (χ4n) is 3.79. The molecule has 5 rings (SSSR count). The van der Waals surface area contributed by atoms with Gasteiger partial charge < -0.3 is 19.7 Å². The molecule has 34 heavy (non-hydrogen) atoms. The molecular weight excluding hydrogens is 455 g/mol. The number of carbonyl (C=O) groups excluding carboxylic acids is 1. The number of hydrogen-bond acceptors (Lipinski definition) is 9. The van der Waals surface area contributed by atoms with Crippen LogP contribution in [0.2, 0.25) is 0 Å². The molecule has 0 spiro atoms. The quantitative estimate of drug-likeness (QED) is 0.598. The summed E-state index contributed by atoms with van der Waals surface area (Å²) in [5.74, 6) is 0.980. The van der Waals surface area contributed by atoms with E-state index in [0.29, 0.717) is 49.3 Å². The van der Waals surface area contributed by atoms with Gasteiger partial charge in [-0.05, 0) is 18.2 Å². The third-order valence-corrected chi connectivity index (χ3v) is 5.29. The molecule has 13 heteroatoms. The van der Waals surface area contributed by atoms with Crippen molar-refractivity contribution in [3.8, 4) is 17.1 Å². The van der Waals surface area contributed by atoms with Gasteiger partial charge in [-0.25, -0.2) is 19.7 Å². The van der Waals surface area contributed by atoms with Gasteiger partial charge in [0.05, 0.1) is 6.04 Å². The molecule has 3 aromatic rings. The highest BCUT2D eigenvalue weighted by molar-refractivity contribution is 5.71. The van der Waals surface area contributed by atoms with Gasteiger partial charge in [0.15, 0.2) is 5.82 Å². The van der Waals surface area contributed by atoms with Crippen molar-refractivity contribution in [1.29, 1.82) is 0 Å². The Morgan fingerprint density at radius 2 is 2.00 bits per heavy atom. The average molecular weight is 473 g/mol. The van der Waals surface area contributed by atoms with Crippen molar-refractivity contribution in [1.82, 2.24) is 24.8 Å². The molecule has 0 bridgehead atoms. The molecular formula is C21H18F3N7O3. The fraction of sp³-hybridized carbons (Fsp3) is 0.286. The van der Waals surface area contributed by atoms with Gasteiger partial charge in [-0.15, -0.1) is 13.2 Å². The van der Waals surface area contributed by atoms with Crippen molar-refractivity contribution in [3.63, 3.8) is 0 Å². The van der Waals surface area contributed by atoms with Gasteiger partial charge in [-0.1, -0.05) is 0 Å². The molecule has 1 amide bonds. The first-order valence-corrected chi connectivity index (χ1v) is 10.3. The molecule has 0 aromatic carbocycles. The minimum Gasteiger partial charge on any atom is -0.447 e. The van der Waals surface area contributed by atoms with Gasteiger partial charge in [0.1, 0.15) is 29.8 Å². The topological polar surface area (TPSA) is 106 Å². The van der Waals surface area contributed by atoms with Crippen LogP contribution in [0.4, 0.5) is 35.4 Å². The molecule has 1 N–H and O–H groups in total. The number of ether oxygens (including phenoxy) is 2. The van der Waals surface area contributed by atoms with Crippen molar-refractivity contribution in [2.24, 2.45) is 0 Å². The Labute approximate surface area is 191 Å². The molecule has 0 radical (unpaired) electrons. The molecule has 176 valence electrons. The Balaban J connectivity index is 1.45. The maximum absolute atomic E-state index is 12.6. The van der Waals surface area contributed by atoms with Gasteiger partial charge in [0.2, 0.25) is 0 Å². The average Bonchev–Trinajstić information content (AvgIpc) is 3.18. The standard InChI is InChI=1S/C21H18F3N7O3/c22-21(23,24)34-15-3-5-26-16(8-15)27-17-9-18(29-19(28-17)13-2-1-4-25-10-13)30-6-7-31-14(11-30)12-33-20(31)32/h1-5,8-10,14H,6-7,11-12H2,(H,26,27,28,29). The number of pyridine rings is 2. The van der Waals surface area contributed by atoms with E-state index < -0.39 is 12.1 Å². The first-order valence-electron chi connectivity index (χ1n) is 10.3. The highest BCUT2D eigenvalue weighted by Gasteiger charge is 2.38. The van der Waals surface area contributed by atoms with Crippen LogP contribution < -0.4 is 15.0 Å². The number of carbonyl (C=O) groups is 1. The van der Waals surface area contributed by atoms with Crippen LogP contribution in [0.3, 0.4) is 0 Å². The largest absolute Gasteiger partial charge is 0.573 e. The molecule has 5 heterocycles. The number of cyclic esters (lactones) is 1. The number of aromatic nitrogens is 4. The van der Waals surface area contributed by atoms with Crippen LogP contribution in [0.1, 0.15) is 0 Å². The summed E-state index contributed by atoms with van der Waals surface area (Å²) in [4.78, 5) is 32.8. The van der Waals surface area contributed by atoms with E-state index in [4.69, 9.17) is 4.74 Å². The van der Waals surface area contributed by atoms with E-state index in [1.165, 1.54) is 6.20 Å². The minimum atomic E-state index is -4.82. The lowest BCUT2D eigenvalue weighted by molar-refractivity contribution is -0.274. The molecule has 1 unspecified atom stereocenters. The lowest BCUT2D eigenvalue weighted by Crippen LogP contribution is -2.52. The number of piperazine rings is 1. The van der Waals surface area contributed by atoms with Crippen LogP contribution in [-0.2, 0) is 4.74 Å². The van der Waals surface area contributed by atoms with E-state index in [2.05, 4.69) is 30.0 Å². The van der Waals surface area contributed by atoms with E-state index >= 15 is 0 Å². The summed E-state index contributed by atoms with van der Waals surface area (Å²) in [6.45, 7) is 1.83. The van der Waals surface area contributed by atoms with Gasteiger partial charge in [-0.2, -0.15) is 0 Å². The molecule has 10 nitrogen and oxygen atoms in total. The Hall–Kier alpha value is -4.16. The number of amides is 1. The first-order chi connectivity index (χ1) is 16.3. The zero-order chi connectivity index (χ0) is 23.7. The van der Waals surface area contributed by atoms with Crippen LogP contribution in [0.15, 0.2) is 48.9 Å². The van der Waals surface area contributed by atoms with Crippen molar-refractivity contribution in [2.45, 2.75) is 12.4 Å². The second-order valence-corrected chi connectivity index (χ2v) is 7.60. The normalized spacial score (nSPS) is 17.9. The van der Waals surface area contributed by atoms with Crippen LogP contribution in [-0.4, -0.2) is 69.6 Å². The summed E-state index contributed by atoms with van der Waals surface area (Å²) in [5, 5.41) is 2.93. The Bertz CT molecular complexity index is 1200. The number of alkyl halides is 3. The molecule has 2 aliphatic heterocycles. The number of anilines is 3. The SMILES string of the molecule is O=C1OCC2CN(c3cc(Nc4cc(OC(F)(F)F)ccn4)nc(-c4cccnc4)n3)CCN12. The third kappa shape index (κ3) is 4.77. The smallest absolute Gasteiger partial charge is 0.447 e. The Morgan fingerprint density at radius 3 is 2.79 bits per heavy atom. The monoisotopic (exact) mass is 473 g/mol. The number of nitrogens with zero attached hydrogens (tertiary/aromatic N) is 6. The predicted octanol–water partition coefficient (Wildman–Crippen LogP) is 3.22. The van der Waals surface area contributed by atoms with Crippen molar-refractivity contribution in [3.05, 3.63) is 48.9 Å². The summed E-state index contributed by atoms with van der Waals surface area (Å²) >= 11 is 0. The zero-order valence-electron chi connectivity index (χ0n) is 17.6. The third-order valence-electron chi connectivity index (χ3n) is 5.29. The Kier molecular flexibility index (Phi) is 5.51. The number of hydrogen-bond donors (Lipinski definition) is 1. The summed E-state index contributed by atoms with van der Waals surface area (Å²) in [7, 11) is 0. The first kappa shape index (κ1) is 21.7. The van der Waals surface area contributed by atoms with Crippen LogP contribution >= 0.6 is 0 Å². The van der Waals surface area contributed by atoms with Gasteiger partial charge >= 0.3 is 12.5 Å². The maximum atomic E-state index is 12.6. The summed E-state index contributed by atoms with van der Waals surface area (Å²) in [5.41, 5.74) is 0.660. The molecule has 0 saturated carbocycles. The predicted molar refractivity (Wildman–Crippen MR) is 114 cm³/mol. The molecule has 2 aliphatic rings. The van der Waals surface area contributed by atoms with Gasteiger partial charge in [-0.3, -0.25) is 9.88 Å². The van der Waals surface area contributed by atoms with Crippen molar-refractivity contribution >= 4 is 23.5 Å². The molecule has 2 saturated heterocycles. The highest BCUT2D eigenvalue weighted by Crippen LogP contribution is 2.29. The van der Waals surface area contributed by atoms with E-state index in [1.54, 1.807) is 35.5 Å².